The van der Waals surface area contributed by atoms with Crippen molar-refractivity contribution in [1.29, 1.82) is 0 Å². The van der Waals surface area contributed by atoms with Gasteiger partial charge in [0.25, 0.3) is 0 Å². The van der Waals surface area contributed by atoms with Gasteiger partial charge in [0.2, 0.25) is 0 Å². The molecule has 1 heteroatoms. The zero-order valence-corrected chi connectivity index (χ0v) is 23.7. The Balaban J connectivity index is 1.58. The first-order chi connectivity index (χ1) is 18.7. The molecule has 0 saturated carbocycles. The molecule has 0 unspecified atom stereocenters. The van der Waals surface area contributed by atoms with Gasteiger partial charge in [0.1, 0.15) is 0 Å². The molecule has 198 valence electrons. The van der Waals surface area contributed by atoms with E-state index in [2.05, 4.69) is 81.1 Å². The first-order valence-corrected chi connectivity index (χ1v) is 15.3. The van der Waals surface area contributed by atoms with Gasteiger partial charge < -0.3 is 0 Å². The molecule has 0 bridgehead atoms. The van der Waals surface area contributed by atoms with Crippen molar-refractivity contribution in [3.05, 3.63) is 88.4 Å². The van der Waals surface area contributed by atoms with E-state index in [1.165, 1.54) is 110 Å². The summed E-state index contributed by atoms with van der Waals surface area (Å²) in [5.74, 6) is 0. The second-order valence-electron chi connectivity index (χ2n) is 11.4. The van der Waals surface area contributed by atoms with Crippen molar-refractivity contribution in [3.63, 3.8) is 0 Å². The molecule has 1 nitrogen and oxygen atoms in total. The van der Waals surface area contributed by atoms with Gasteiger partial charge in [0.05, 0.1) is 11.9 Å². The summed E-state index contributed by atoms with van der Waals surface area (Å²) in [6, 6.07) is 21.1. The molecule has 1 aliphatic heterocycles. The Hall–Kier alpha value is -2.93. The fourth-order valence-electron chi connectivity index (χ4n) is 6.99. The Kier molecular flexibility index (Phi) is 8.62. The number of nitrogens with zero attached hydrogens (tertiary/aromatic N) is 1. The summed E-state index contributed by atoms with van der Waals surface area (Å²) in [5, 5.41) is 2.39. The second kappa shape index (κ2) is 12.3. The van der Waals surface area contributed by atoms with Crippen LogP contribution in [0.3, 0.4) is 0 Å². The minimum atomic E-state index is 0.119. The number of hydrogen-bond acceptors (Lipinski definition) is 1. The fourth-order valence-corrected chi connectivity index (χ4v) is 6.99. The van der Waals surface area contributed by atoms with Crippen LogP contribution in [-0.2, 0) is 5.41 Å². The van der Waals surface area contributed by atoms with Gasteiger partial charge in [-0.1, -0.05) is 145 Å². The minimum Gasteiger partial charge on any atom is -0.280 e. The molecule has 0 spiro atoms. The van der Waals surface area contributed by atoms with Crippen molar-refractivity contribution in [2.75, 3.05) is 6.54 Å². The maximum atomic E-state index is 4.91. The van der Waals surface area contributed by atoms with E-state index >= 15 is 0 Å². The third-order valence-corrected chi connectivity index (χ3v) is 9.01. The Morgan fingerprint density at radius 2 is 1.39 bits per heavy atom. The molecular formula is C37H45N. The highest BCUT2D eigenvalue weighted by Gasteiger charge is 2.42. The lowest BCUT2D eigenvalue weighted by atomic mass is 9.70. The van der Waals surface area contributed by atoms with E-state index in [1.807, 2.05) is 6.08 Å². The predicted molar refractivity (Wildman–Crippen MR) is 165 cm³/mol. The molecule has 0 atom stereocenters. The smallest absolute Gasteiger partial charge is 0.0732 e. The molecule has 0 N–H and O–H groups in total. The molecule has 3 aromatic carbocycles. The lowest BCUT2D eigenvalue weighted by Gasteiger charge is -2.33. The second-order valence-corrected chi connectivity index (χ2v) is 11.4. The molecule has 5 rings (SSSR count). The number of benzene rings is 3. The van der Waals surface area contributed by atoms with E-state index in [0.29, 0.717) is 0 Å². The summed E-state index contributed by atoms with van der Waals surface area (Å²) in [5.41, 5.74) is 9.92. The van der Waals surface area contributed by atoms with Gasteiger partial charge in [-0.2, -0.15) is 0 Å². The third kappa shape index (κ3) is 5.05. The largest absolute Gasteiger partial charge is 0.280 e. The van der Waals surface area contributed by atoms with Gasteiger partial charge >= 0.3 is 0 Å². The molecule has 0 amide bonds. The van der Waals surface area contributed by atoms with Crippen molar-refractivity contribution in [3.8, 4) is 22.3 Å². The molecular weight excluding hydrogens is 458 g/mol. The average molecular weight is 504 g/mol. The minimum absolute atomic E-state index is 0.119. The number of unbranched alkanes of at least 4 members (excludes halogenated alkanes) is 8. The topological polar surface area (TPSA) is 12.4 Å². The summed E-state index contributed by atoms with van der Waals surface area (Å²) >= 11 is 0. The quantitative estimate of drug-likeness (QED) is 0.194. The normalized spacial score (nSPS) is 14.4. The maximum absolute atomic E-state index is 4.91. The van der Waals surface area contributed by atoms with Crippen LogP contribution < -0.4 is 10.6 Å². The molecule has 0 aromatic heterocycles. The van der Waals surface area contributed by atoms with Crippen molar-refractivity contribution in [2.45, 2.75) is 96.3 Å². The van der Waals surface area contributed by atoms with Gasteiger partial charge in [-0.05, 0) is 52.3 Å². The number of hydrogen-bond donors (Lipinski definition) is 0. The van der Waals surface area contributed by atoms with E-state index in [4.69, 9.17) is 4.99 Å². The van der Waals surface area contributed by atoms with Crippen molar-refractivity contribution in [2.24, 2.45) is 4.99 Å². The zero-order valence-electron chi connectivity index (χ0n) is 23.7. The van der Waals surface area contributed by atoms with Gasteiger partial charge in [-0.15, -0.1) is 0 Å². The fraction of sp³-hybridized carbons (Fsp3) is 0.432. The molecule has 1 heterocycles. The molecule has 3 aromatic rings. The summed E-state index contributed by atoms with van der Waals surface area (Å²) < 4.78 is 0. The van der Waals surface area contributed by atoms with Gasteiger partial charge in [0, 0.05) is 16.2 Å². The van der Waals surface area contributed by atoms with Crippen molar-refractivity contribution < 1.29 is 0 Å². The summed E-state index contributed by atoms with van der Waals surface area (Å²) in [6.45, 7) is 9.42. The molecule has 2 aliphatic rings. The Morgan fingerprint density at radius 3 is 2.11 bits per heavy atom. The lowest BCUT2D eigenvalue weighted by molar-refractivity contribution is 0.399. The van der Waals surface area contributed by atoms with Crippen molar-refractivity contribution >= 4 is 12.2 Å². The molecule has 1 aliphatic carbocycles. The summed E-state index contributed by atoms with van der Waals surface area (Å²) in [7, 11) is 0. The first kappa shape index (κ1) is 26.7. The lowest BCUT2D eigenvalue weighted by Crippen LogP contribution is -2.27. The molecule has 0 saturated heterocycles. The summed E-state index contributed by atoms with van der Waals surface area (Å²) in [4.78, 5) is 4.91. The van der Waals surface area contributed by atoms with Crippen LogP contribution in [0.25, 0.3) is 34.4 Å². The zero-order chi connectivity index (χ0) is 26.4. The highest BCUT2D eigenvalue weighted by Crippen LogP contribution is 2.54. The Bertz CT molecular complexity index is 1380. The Morgan fingerprint density at radius 1 is 0.737 bits per heavy atom. The van der Waals surface area contributed by atoms with Crippen LogP contribution in [0.2, 0.25) is 0 Å². The van der Waals surface area contributed by atoms with Gasteiger partial charge in [0.15, 0.2) is 0 Å². The number of rotatable bonds is 14. The molecule has 0 radical (unpaired) electrons. The average Bonchev–Trinajstić information content (AvgIpc) is 3.55. The van der Waals surface area contributed by atoms with E-state index in [1.54, 1.807) is 11.1 Å². The van der Waals surface area contributed by atoms with Gasteiger partial charge in [-0.25, -0.2) is 0 Å². The van der Waals surface area contributed by atoms with E-state index in [0.717, 1.165) is 11.9 Å². The number of fused-ring (bicyclic) bond motifs is 4. The Labute approximate surface area is 230 Å². The SMILES string of the molecule is C=Cc1ccc(-c2ccc3c(c2)C(CCCCCCC)(CCCCCCC)c2ccccc2-3)c2c1=CCN=2. The summed E-state index contributed by atoms with van der Waals surface area (Å²) in [6.07, 6.45) is 20.0. The third-order valence-electron chi connectivity index (χ3n) is 9.01. The standard InChI is InChI=1S/C37H45N/c1-4-7-9-11-15-24-37(25-16-12-10-8-5-2)34-18-14-13-17-32(34)33-22-20-29(27-35(33)37)30-21-19-28(6-3)31-23-26-38-36(30)31/h6,13-14,17-23,27H,3-5,7-12,15-16,24-26H2,1-2H3. The van der Waals surface area contributed by atoms with Crippen LogP contribution in [0.15, 0.2) is 66.2 Å². The predicted octanol–water partition coefficient (Wildman–Crippen LogP) is 9.40. The van der Waals surface area contributed by atoms with Crippen LogP contribution in [0.4, 0.5) is 0 Å². The van der Waals surface area contributed by atoms with Crippen LogP contribution in [0.5, 0.6) is 0 Å². The van der Waals surface area contributed by atoms with Crippen LogP contribution in [0.1, 0.15) is 108 Å². The highest BCUT2D eigenvalue weighted by molar-refractivity contribution is 5.84. The van der Waals surface area contributed by atoms with Gasteiger partial charge in [-0.3, -0.25) is 4.99 Å². The van der Waals surface area contributed by atoms with E-state index in [9.17, 15) is 0 Å². The monoisotopic (exact) mass is 503 g/mol. The van der Waals surface area contributed by atoms with E-state index < -0.39 is 0 Å². The van der Waals surface area contributed by atoms with Crippen LogP contribution in [0, 0.1) is 0 Å². The van der Waals surface area contributed by atoms with E-state index in [-0.39, 0.29) is 5.41 Å². The first-order valence-electron chi connectivity index (χ1n) is 15.3. The van der Waals surface area contributed by atoms with Crippen LogP contribution >= 0.6 is 0 Å². The maximum Gasteiger partial charge on any atom is 0.0732 e. The highest BCUT2D eigenvalue weighted by atomic mass is 14.7. The molecule has 38 heavy (non-hydrogen) atoms. The van der Waals surface area contributed by atoms with Crippen LogP contribution in [-0.4, -0.2) is 6.54 Å². The molecule has 0 fully saturated rings. The van der Waals surface area contributed by atoms with Crippen molar-refractivity contribution in [1.82, 2.24) is 0 Å².